The molecule has 0 aromatic heterocycles. The molecule has 0 aliphatic rings. The normalized spacial score (nSPS) is 16.9. The van der Waals surface area contributed by atoms with Crippen LogP contribution in [0.5, 0.6) is 0 Å². The molecule has 0 saturated heterocycles. The first-order chi connectivity index (χ1) is 9.07. The first kappa shape index (κ1) is 18.3. The first-order valence-corrected chi connectivity index (χ1v) is 6.35. The van der Waals surface area contributed by atoms with E-state index in [0.717, 1.165) is 0 Å². The molecule has 0 rings (SSSR count). The molecule has 0 aromatic carbocycles. The van der Waals surface area contributed by atoms with Gasteiger partial charge in [-0.05, 0) is 19.8 Å². The number of rotatable bonds is 7. The molecular formula is C12H23N3O5. The van der Waals surface area contributed by atoms with Crippen molar-refractivity contribution in [3.05, 3.63) is 0 Å². The van der Waals surface area contributed by atoms with E-state index in [2.05, 4.69) is 10.6 Å². The van der Waals surface area contributed by atoms with Crippen LogP contribution in [0.25, 0.3) is 0 Å². The van der Waals surface area contributed by atoms with Gasteiger partial charge in [-0.1, -0.05) is 13.8 Å². The van der Waals surface area contributed by atoms with Gasteiger partial charge in [-0.25, -0.2) is 4.79 Å². The Morgan fingerprint density at radius 2 is 1.50 bits per heavy atom. The number of nitrogens with two attached hydrogens (primary N) is 1. The first-order valence-electron chi connectivity index (χ1n) is 6.35. The number of carbonyl (C=O) groups excluding carboxylic acids is 2. The zero-order chi connectivity index (χ0) is 16.0. The topological polar surface area (TPSA) is 142 Å². The zero-order valence-corrected chi connectivity index (χ0v) is 12.1. The van der Waals surface area contributed by atoms with E-state index in [1.54, 1.807) is 13.8 Å². The Bertz CT molecular complexity index is 370. The van der Waals surface area contributed by atoms with Crippen LogP contribution in [-0.2, 0) is 14.4 Å². The second kappa shape index (κ2) is 7.81. The van der Waals surface area contributed by atoms with E-state index in [1.165, 1.54) is 13.8 Å². The van der Waals surface area contributed by atoms with Gasteiger partial charge in [0.25, 0.3) is 0 Å². The van der Waals surface area contributed by atoms with Gasteiger partial charge >= 0.3 is 5.97 Å². The number of carbonyl (C=O) groups is 3. The number of carboxylic acid groups (broad SMARTS) is 1. The third-order valence-electron chi connectivity index (χ3n) is 2.80. The lowest BCUT2D eigenvalue weighted by Crippen LogP contribution is -2.56. The van der Waals surface area contributed by atoms with Crippen LogP contribution < -0.4 is 16.4 Å². The molecule has 8 nitrogen and oxygen atoms in total. The number of aliphatic hydroxyl groups excluding tert-OH is 1. The van der Waals surface area contributed by atoms with Crippen molar-refractivity contribution in [3.63, 3.8) is 0 Å². The van der Waals surface area contributed by atoms with Crippen molar-refractivity contribution >= 4 is 17.8 Å². The molecule has 116 valence electrons. The van der Waals surface area contributed by atoms with E-state index < -0.39 is 42.0 Å². The van der Waals surface area contributed by atoms with Crippen LogP contribution in [0.3, 0.4) is 0 Å². The summed E-state index contributed by atoms with van der Waals surface area (Å²) in [6, 6.07) is -3.13. The number of hydrogen-bond donors (Lipinski definition) is 5. The zero-order valence-electron chi connectivity index (χ0n) is 12.1. The molecule has 8 heteroatoms. The molecule has 0 aromatic rings. The summed E-state index contributed by atoms with van der Waals surface area (Å²) >= 11 is 0. The smallest absolute Gasteiger partial charge is 0.326 e. The van der Waals surface area contributed by atoms with Crippen molar-refractivity contribution in [2.75, 3.05) is 0 Å². The Kier molecular flexibility index (Phi) is 7.16. The van der Waals surface area contributed by atoms with E-state index in [0.29, 0.717) is 0 Å². The van der Waals surface area contributed by atoms with Crippen LogP contribution in [0.1, 0.15) is 27.7 Å². The van der Waals surface area contributed by atoms with Crippen LogP contribution in [-0.4, -0.2) is 52.2 Å². The predicted octanol–water partition coefficient (Wildman–Crippen LogP) is -1.58. The number of nitrogens with one attached hydrogen (secondary N) is 2. The minimum atomic E-state index is -1.15. The lowest BCUT2D eigenvalue weighted by molar-refractivity contribution is -0.143. The molecule has 2 amide bonds. The Labute approximate surface area is 117 Å². The summed E-state index contributed by atoms with van der Waals surface area (Å²) in [7, 11) is 0. The van der Waals surface area contributed by atoms with Gasteiger partial charge in [0.05, 0.1) is 6.10 Å². The van der Waals surface area contributed by atoms with Crippen molar-refractivity contribution in [2.24, 2.45) is 11.7 Å². The fourth-order valence-electron chi connectivity index (χ4n) is 1.39. The SMILES string of the molecule is CC(O)[C@H](N)C(=O)N[C@@H](C)C(=O)N[C@H](C(=O)O)C(C)C. The van der Waals surface area contributed by atoms with Crippen LogP contribution in [0, 0.1) is 5.92 Å². The molecule has 0 spiro atoms. The van der Waals surface area contributed by atoms with Crippen molar-refractivity contribution < 1.29 is 24.6 Å². The van der Waals surface area contributed by atoms with Crippen LogP contribution in [0.15, 0.2) is 0 Å². The molecule has 4 atom stereocenters. The summed E-state index contributed by atoms with van der Waals surface area (Å²) in [5.41, 5.74) is 5.42. The third-order valence-corrected chi connectivity index (χ3v) is 2.80. The Morgan fingerprint density at radius 1 is 1.00 bits per heavy atom. The van der Waals surface area contributed by atoms with Gasteiger partial charge in [-0.15, -0.1) is 0 Å². The maximum atomic E-state index is 11.8. The summed E-state index contributed by atoms with van der Waals surface area (Å²) < 4.78 is 0. The van der Waals surface area contributed by atoms with Crippen molar-refractivity contribution in [2.45, 2.75) is 51.9 Å². The van der Waals surface area contributed by atoms with Crippen LogP contribution in [0.2, 0.25) is 0 Å². The van der Waals surface area contributed by atoms with E-state index in [4.69, 9.17) is 15.9 Å². The average molecular weight is 289 g/mol. The number of amides is 2. The van der Waals surface area contributed by atoms with Gasteiger partial charge < -0.3 is 26.6 Å². The van der Waals surface area contributed by atoms with Crippen molar-refractivity contribution in [1.82, 2.24) is 10.6 Å². The molecule has 0 bridgehead atoms. The summed E-state index contributed by atoms with van der Waals surface area (Å²) in [5, 5.41) is 22.8. The Balaban J connectivity index is 4.56. The molecule has 0 heterocycles. The number of aliphatic carboxylic acids is 1. The summed E-state index contributed by atoms with van der Waals surface area (Å²) in [6.07, 6.45) is -1.05. The average Bonchev–Trinajstić information content (AvgIpc) is 2.33. The quantitative estimate of drug-likeness (QED) is 0.383. The fourth-order valence-corrected chi connectivity index (χ4v) is 1.39. The van der Waals surface area contributed by atoms with E-state index in [1.807, 2.05) is 0 Å². The molecule has 0 aliphatic heterocycles. The van der Waals surface area contributed by atoms with E-state index in [9.17, 15) is 14.4 Å². The Hall–Kier alpha value is -1.67. The minimum absolute atomic E-state index is 0.293. The van der Waals surface area contributed by atoms with Crippen LogP contribution in [0.4, 0.5) is 0 Å². The predicted molar refractivity (Wildman–Crippen MR) is 71.7 cm³/mol. The minimum Gasteiger partial charge on any atom is -0.480 e. The van der Waals surface area contributed by atoms with Crippen molar-refractivity contribution in [3.8, 4) is 0 Å². The highest BCUT2D eigenvalue weighted by molar-refractivity contribution is 5.91. The van der Waals surface area contributed by atoms with Gasteiger partial charge in [-0.3, -0.25) is 9.59 Å². The fraction of sp³-hybridized carbons (Fsp3) is 0.750. The lowest BCUT2D eigenvalue weighted by atomic mass is 10.0. The largest absolute Gasteiger partial charge is 0.480 e. The molecule has 6 N–H and O–H groups in total. The summed E-state index contributed by atoms with van der Waals surface area (Å²) in [4.78, 5) is 34.3. The van der Waals surface area contributed by atoms with Crippen LogP contribution >= 0.6 is 0 Å². The monoisotopic (exact) mass is 289 g/mol. The van der Waals surface area contributed by atoms with Crippen molar-refractivity contribution in [1.29, 1.82) is 0 Å². The van der Waals surface area contributed by atoms with E-state index in [-0.39, 0.29) is 5.92 Å². The lowest BCUT2D eigenvalue weighted by Gasteiger charge is -2.22. The second-order valence-electron chi connectivity index (χ2n) is 5.07. The maximum Gasteiger partial charge on any atom is 0.326 e. The molecule has 0 saturated carbocycles. The van der Waals surface area contributed by atoms with Gasteiger partial charge in [0.2, 0.25) is 11.8 Å². The highest BCUT2D eigenvalue weighted by Gasteiger charge is 2.27. The third kappa shape index (κ3) is 5.54. The number of carboxylic acids is 1. The highest BCUT2D eigenvalue weighted by atomic mass is 16.4. The summed E-state index contributed by atoms with van der Waals surface area (Å²) in [6.45, 7) is 6.08. The molecule has 1 unspecified atom stereocenters. The van der Waals surface area contributed by atoms with Gasteiger partial charge in [0, 0.05) is 0 Å². The van der Waals surface area contributed by atoms with Gasteiger partial charge in [0.1, 0.15) is 18.1 Å². The Morgan fingerprint density at radius 3 is 1.85 bits per heavy atom. The molecule has 0 aliphatic carbocycles. The standard InChI is InChI=1S/C12H23N3O5/c1-5(2)9(12(19)20)15-10(17)6(3)14-11(18)8(13)7(4)16/h5-9,16H,13H2,1-4H3,(H,14,18)(H,15,17)(H,19,20)/t6-,7?,8-,9-/m0/s1. The molecular weight excluding hydrogens is 266 g/mol. The highest BCUT2D eigenvalue weighted by Crippen LogP contribution is 2.02. The molecule has 0 fully saturated rings. The summed E-state index contributed by atoms with van der Waals surface area (Å²) in [5.74, 6) is -2.75. The number of aliphatic hydroxyl groups is 1. The molecule has 20 heavy (non-hydrogen) atoms. The number of hydrogen-bond acceptors (Lipinski definition) is 5. The van der Waals surface area contributed by atoms with Gasteiger partial charge in [-0.2, -0.15) is 0 Å². The van der Waals surface area contributed by atoms with Gasteiger partial charge in [0.15, 0.2) is 0 Å². The molecule has 0 radical (unpaired) electrons. The van der Waals surface area contributed by atoms with E-state index >= 15 is 0 Å². The maximum absolute atomic E-state index is 11.8. The second-order valence-corrected chi connectivity index (χ2v) is 5.07.